The van der Waals surface area contributed by atoms with Crippen molar-refractivity contribution in [3.8, 4) is 0 Å². The molecule has 1 rings (SSSR count). The van der Waals surface area contributed by atoms with E-state index in [1.807, 2.05) is 0 Å². The summed E-state index contributed by atoms with van der Waals surface area (Å²) in [5, 5.41) is 8.67. The standard InChI is InChI=1S/C9H9ClF2N2O2/c10-6-3-14-8(9(11)12)5(2-13)4(6)1-7(15)16/h3,9H,1-2,13H2,(H,15,16). The van der Waals surface area contributed by atoms with Crippen molar-refractivity contribution in [2.24, 2.45) is 5.73 Å². The molecule has 1 aromatic rings. The highest BCUT2D eigenvalue weighted by Crippen LogP contribution is 2.28. The number of carbonyl (C=O) groups is 1. The van der Waals surface area contributed by atoms with E-state index in [0.717, 1.165) is 6.20 Å². The van der Waals surface area contributed by atoms with Gasteiger partial charge in [-0.25, -0.2) is 8.78 Å². The van der Waals surface area contributed by atoms with E-state index in [1.54, 1.807) is 0 Å². The van der Waals surface area contributed by atoms with E-state index < -0.39 is 24.5 Å². The van der Waals surface area contributed by atoms with Crippen LogP contribution in [0.5, 0.6) is 0 Å². The van der Waals surface area contributed by atoms with E-state index in [2.05, 4.69) is 4.98 Å². The van der Waals surface area contributed by atoms with Gasteiger partial charge in [-0.1, -0.05) is 11.6 Å². The van der Waals surface area contributed by atoms with Gasteiger partial charge in [0, 0.05) is 12.7 Å². The second kappa shape index (κ2) is 5.18. The average molecular weight is 251 g/mol. The molecule has 1 aromatic heterocycles. The molecule has 0 aromatic carbocycles. The van der Waals surface area contributed by atoms with Gasteiger partial charge in [0.25, 0.3) is 6.43 Å². The predicted octanol–water partition coefficient (Wildman–Crippen LogP) is 1.76. The van der Waals surface area contributed by atoms with E-state index in [9.17, 15) is 13.6 Å². The molecular weight excluding hydrogens is 242 g/mol. The first-order chi connectivity index (χ1) is 7.47. The van der Waals surface area contributed by atoms with Crippen LogP contribution in [0.4, 0.5) is 8.78 Å². The van der Waals surface area contributed by atoms with E-state index in [1.165, 1.54) is 0 Å². The number of aliphatic carboxylic acids is 1. The van der Waals surface area contributed by atoms with Crippen LogP contribution >= 0.6 is 11.6 Å². The van der Waals surface area contributed by atoms with Crippen LogP contribution < -0.4 is 5.73 Å². The number of carboxylic acids is 1. The zero-order chi connectivity index (χ0) is 12.3. The van der Waals surface area contributed by atoms with Gasteiger partial charge in [-0.2, -0.15) is 0 Å². The summed E-state index contributed by atoms with van der Waals surface area (Å²) < 4.78 is 25.1. The van der Waals surface area contributed by atoms with Gasteiger partial charge in [-0.3, -0.25) is 9.78 Å². The average Bonchev–Trinajstić information content (AvgIpc) is 2.19. The lowest BCUT2D eigenvalue weighted by molar-refractivity contribution is -0.136. The summed E-state index contributed by atoms with van der Waals surface area (Å²) in [6.45, 7) is -0.226. The Bertz CT molecular complexity index is 413. The third-order valence-corrected chi connectivity index (χ3v) is 2.34. The van der Waals surface area contributed by atoms with Crippen molar-refractivity contribution in [3.05, 3.63) is 28.0 Å². The number of halogens is 3. The van der Waals surface area contributed by atoms with Crippen molar-refractivity contribution in [1.29, 1.82) is 0 Å². The summed E-state index contributed by atoms with van der Waals surface area (Å²) in [5.74, 6) is -1.16. The Kier molecular flexibility index (Phi) is 4.14. The van der Waals surface area contributed by atoms with Crippen LogP contribution in [0.15, 0.2) is 6.20 Å². The van der Waals surface area contributed by atoms with Crippen molar-refractivity contribution in [2.75, 3.05) is 0 Å². The topological polar surface area (TPSA) is 76.2 Å². The van der Waals surface area contributed by atoms with Gasteiger partial charge in [-0.15, -0.1) is 0 Å². The highest BCUT2D eigenvalue weighted by Gasteiger charge is 2.20. The number of pyridine rings is 1. The summed E-state index contributed by atoms with van der Waals surface area (Å²) in [6, 6.07) is 0. The van der Waals surface area contributed by atoms with Crippen LogP contribution in [0.2, 0.25) is 5.02 Å². The zero-order valence-electron chi connectivity index (χ0n) is 8.08. The molecule has 0 radical (unpaired) electrons. The van der Waals surface area contributed by atoms with Crippen LogP contribution in [0, 0.1) is 0 Å². The molecule has 0 fully saturated rings. The summed E-state index contributed by atoms with van der Waals surface area (Å²) in [6.07, 6.45) is -2.24. The van der Waals surface area contributed by atoms with Crippen LogP contribution in [0.1, 0.15) is 23.2 Å². The molecule has 16 heavy (non-hydrogen) atoms. The zero-order valence-corrected chi connectivity index (χ0v) is 8.84. The molecule has 0 spiro atoms. The minimum atomic E-state index is -2.80. The number of aromatic nitrogens is 1. The summed E-state index contributed by atoms with van der Waals surface area (Å²) in [5.41, 5.74) is 4.90. The maximum absolute atomic E-state index is 12.6. The predicted molar refractivity (Wildman–Crippen MR) is 53.4 cm³/mol. The lowest BCUT2D eigenvalue weighted by Gasteiger charge is -2.12. The molecule has 1 heterocycles. The maximum atomic E-state index is 12.6. The molecule has 3 N–H and O–H groups in total. The normalized spacial score (nSPS) is 10.8. The molecule has 0 aliphatic rings. The molecule has 0 unspecified atom stereocenters. The van der Waals surface area contributed by atoms with E-state index in [-0.39, 0.29) is 22.7 Å². The molecule has 0 saturated carbocycles. The van der Waals surface area contributed by atoms with Gasteiger partial charge < -0.3 is 10.8 Å². The number of nitrogens with two attached hydrogens (primary N) is 1. The Balaban J connectivity index is 3.32. The quantitative estimate of drug-likeness (QED) is 0.854. The first-order valence-electron chi connectivity index (χ1n) is 4.33. The molecule has 0 amide bonds. The smallest absolute Gasteiger partial charge is 0.307 e. The number of alkyl halides is 2. The second-order valence-corrected chi connectivity index (χ2v) is 3.43. The lowest BCUT2D eigenvalue weighted by Crippen LogP contribution is -2.12. The van der Waals surface area contributed by atoms with Gasteiger partial charge in [-0.05, 0) is 11.1 Å². The molecular formula is C9H9ClF2N2O2. The second-order valence-electron chi connectivity index (χ2n) is 3.02. The molecule has 0 bridgehead atoms. The first kappa shape index (κ1) is 12.8. The molecule has 4 nitrogen and oxygen atoms in total. The Morgan fingerprint density at radius 1 is 1.56 bits per heavy atom. The largest absolute Gasteiger partial charge is 0.481 e. The van der Waals surface area contributed by atoms with Gasteiger partial charge >= 0.3 is 5.97 Å². The molecule has 0 aliphatic carbocycles. The van der Waals surface area contributed by atoms with Gasteiger partial charge in [0.1, 0.15) is 5.69 Å². The third kappa shape index (κ3) is 2.65. The van der Waals surface area contributed by atoms with Crippen molar-refractivity contribution < 1.29 is 18.7 Å². The van der Waals surface area contributed by atoms with Crippen LogP contribution in [-0.2, 0) is 17.8 Å². The lowest BCUT2D eigenvalue weighted by atomic mass is 10.0. The summed E-state index contributed by atoms with van der Waals surface area (Å²) >= 11 is 5.70. The highest BCUT2D eigenvalue weighted by molar-refractivity contribution is 6.31. The van der Waals surface area contributed by atoms with E-state index in [4.69, 9.17) is 22.4 Å². The number of nitrogens with zero attached hydrogens (tertiary/aromatic N) is 1. The van der Waals surface area contributed by atoms with E-state index >= 15 is 0 Å². The SMILES string of the molecule is NCc1c(C(F)F)ncc(Cl)c1CC(=O)O. The van der Waals surface area contributed by atoms with Gasteiger partial charge in [0.2, 0.25) is 0 Å². The molecule has 7 heteroatoms. The Morgan fingerprint density at radius 2 is 2.19 bits per heavy atom. The van der Waals surface area contributed by atoms with Crippen molar-refractivity contribution >= 4 is 17.6 Å². The molecule has 88 valence electrons. The molecule has 0 atom stereocenters. The Labute approximate surface area is 95.0 Å². The summed E-state index contributed by atoms with van der Waals surface area (Å²) in [4.78, 5) is 14.0. The minimum Gasteiger partial charge on any atom is -0.481 e. The van der Waals surface area contributed by atoms with Gasteiger partial charge in [0.05, 0.1) is 11.4 Å². The maximum Gasteiger partial charge on any atom is 0.307 e. The number of rotatable bonds is 4. The number of carboxylic acid groups (broad SMARTS) is 1. The molecule has 0 saturated heterocycles. The van der Waals surface area contributed by atoms with Crippen molar-refractivity contribution in [2.45, 2.75) is 19.4 Å². The number of hydrogen-bond acceptors (Lipinski definition) is 3. The van der Waals surface area contributed by atoms with Crippen LogP contribution in [-0.4, -0.2) is 16.1 Å². The fourth-order valence-corrected chi connectivity index (χ4v) is 1.57. The Morgan fingerprint density at radius 3 is 2.62 bits per heavy atom. The number of hydrogen-bond donors (Lipinski definition) is 2. The fraction of sp³-hybridized carbons (Fsp3) is 0.333. The highest BCUT2D eigenvalue weighted by atomic mass is 35.5. The monoisotopic (exact) mass is 250 g/mol. The van der Waals surface area contributed by atoms with Crippen LogP contribution in [0.3, 0.4) is 0 Å². The van der Waals surface area contributed by atoms with E-state index in [0.29, 0.717) is 0 Å². The van der Waals surface area contributed by atoms with Crippen molar-refractivity contribution in [1.82, 2.24) is 4.98 Å². The van der Waals surface area contributed by atoms with Crippen LogP contribution in [0.25, 0.3) is 0 Å². The van der Waals surface area contributed by atoms with Gasteiger partial charge in [0.15, 0.2) is 0 Å². The Hall–Kier alpha value is -1.27. The minimum absolute atomic E-state index is 0.00454. The molecule has 0 aliphatic heterocycles. The first-order valence-corrected chi connectivity index (χ1v) is 4.71. The summed E-state index contributed by atoms with van der Waals surface area (Å²) in [7, 11) is 0. The fourth-order valence-electron chi connectivity index (χ4n) is 1.34. The van der Waals surface area contributed by atoms with Crippen molar-refractivity contribution in [3.63, 3.8) is 0 Å². The third-order valence-electron chi connectivity index (χ3n) is 2.02.